The van der Waals surface area contributed by atoms with Crippen molar-refractivity contribution in [2.24, 2.45) is 5.92 Å². The molecule has 1 heterocycles. The molecular formula is C24H42N4O10. The molecule has 1 aliphatic heterocycles. The quantitative estimate of drug-likeness (QED) is 0.188. The minimum absolute atomic E-state index is 0.0433. The molecule has 1 aliphatic carbocycles. The molecule has 0 amide bonds. The van der Waals surface area contributed by atoms with Crippen molar-refractivity contribution in [2.45, 2.75) is 63.5 Å². The molecule has 0 aromatic carbocycles. The zero-order valence-corrected chi connectivity index (χ0v) is 22.0. The molecule has 1 saturated heterocycles. The molecular weight excluding hydrogens is 504 g/mol. The van der Waals surface area contributed by atoms with Crippen LogP contribution in [0.5, 0.6) is 0 Å². The summed E-state index contributed by atoms with van der Waals surface area (Å²) in [6.07, 6.45) is 0.325. The lowest BCUT2D eigenvalue weighted by molar-refractivity contribution is -0.264. The summed E-state index contributed by atoms with van der Waals surface area (Å²) in [5.74, 6) is -4.77. The third kappa shape index (κ3) is 9.75. The Kier molecular flexibility index (Phi) is 12.8. The second kappa shape index (κ2) is 15.3. The van der Waals surface area contributed by atoms with Crippen LogP contribution in [0.15, 0.2) is 0 Å². The maximum absolute atomic E-state index is 12.2. The number of rotatable bonds is 11. The molecule has 0 radical (unpaired) electrons. The number of hydrogen-bond donors (Lipinski definition) is 6. The number of ether oxygens (including phenoxy) is 1. The summed E-state index contributed by atoms with van der Waals surface area (Å²) in [7, 11) is 0. The van der Waals surface area contributed by atoms with E-state index in [0.717, 1.165) is 0 Å². The number of carboxylic acid groups (broad SMARTS) is 4. The van der Waals surface area contributed by atoms with Gasteiger partial charge in [0.1, 0.15) is 0 Å². The normalized spacial score (nSPS) is 29.2. The van der Waals surface area contributed by atoms with Crippen LogP contribution in [0.1, 0.15) is 45.4 Å². The molecule has 1 saturated carbocycles. The van der Waals surface area contributed by atoms with Gasteiger partial charge in [0.05, 0.1) is 31.7 Å². The van der Waals surface area contributed by atoms with Gasteiger partial charge in [-0.25, -0.2) is 0 Å². The Bertz CT molecular complexity index is 807. The number of aliphatic hydroxyl groups is 1. The topological polar surface area (TPSA) is 200 Å². The molecule has 2 rings (SSSR count). The highest BCUT2D eigenvalue weighted by atomic mass is 16.5. The number of carboxylic acids is 4. The third-order valence-electron chi connectivity index (χ3n) is 7.13. The van der Waals surface area contributed by atoms with Gasteiger partial charge in [-0.1, -0.05) is 13.3 Å². The minimum atomic E-state index is -1.88. The monoisotopic (exact) mass is 546 g/mol. The van der Waals surface area contributed by atoms with Crippen molar-refractivity contribution < 1.29 is 49.4 Å². The lowest BCUT2D eigenvalue weighted by Gasteiger charge is -2.49. The summed E-state index contributed by atoms with van der Waals surface area (Å²) in [4.78, 5) is 51.0. The highest BCUT2D eigenvalue weighted by Crippen LogP contribution is 2.33. The molecule has 6 N–H and O–H groups in total. The van der Waals surface area contributed by atoms with Crippen LogP contribution < -0.4 is 5.32 Å². The van der Waals surface area contributed by atoms with Crippen molar-refractivity contribution in [3.63, 3.8) is 0 Å². The van der Waals surface area contributed by atoms with E-state index in [4.69, 9.17) is 4.74 Å². The van der Waals surface area contributed by atoms with E-state index in [-0.39, 0.29) is 32.6 Å². The van der Waals surface area contributed by atoms with E-state index >= 15 is 0 Å². The Morgan fingerprint density at radius 1 is 0.842 bits per heavy atom. The zero-order chi connectivity index (χ0) is 28.3. The largest absolute Gasteiger partial charge is 0.481 e. The Balaban J connectivity index is 2.48. The van der Waals surface area contributed by atoms with Crippen molar-refractivity contribution in [1.82, 2.24) is 20.0 Å². The molecule has 0 aromatic heterocycles. The van der Waals surface area contributed by atoms with E-state index in [1.807, 2.05) is 6.92 Å². The van der Waals surface area contributed by atoms with E-state index in [1.54, 1.807) is 4.90 Å². The molecule has 2 fully saturated rings. The average molecular weight is 547 g/mol. The first kappa shape index (κ1) is 31.9. The fourth-order valence-electron chi connectivity index (χ4n) is 5.25. The molecule has 2 atom stereocenters. The Labute approximate surface area is 222 Å². The third-order valence-corrected chi connectivity index (χ3v) is 7.13. The highest BCUT2D eigenvalue weighted by Gasteiger charge is 2.48. The van der Waals surface area contributed by atoms with Gasteiger partial charge in [-0.3, -0.25) is 33.9 Å². The van der Waals surface area contributed by atoms with Gasteiger partial charge in [-0.2, -0.15) is 0 Å². The fraction of sp³-hybridized carbons (Fsp3) is 0.833. The van der Waals surface area contributed by atoms with Gasteiger partial charge in [-0.15, -0.1) is 0 Å². The molecule has 2 aliphatic rings. The number of hydrogen-bond acceptors (Lipinski definition) is 10. The van der Waals surface area contributed by atoms with Gasteiger partial charge in [-0.05, 0) is 32.1 Å². The second-order valence-electron chi connectivity index (χ2n) is 10.0. The van der Waals surface area contributed by atoms with Gasteiger partial charge in [0.25, 0.3) is 0 Å². The summed E-state index contributed by atoms with van der Waals surface area (Å²) in [6, 6.07) is 0. The first-order valence-electron chi connectivity index (χ1n) is 13.1. The highest BCUT2D eigenvalue weighted by molar-refractivity contribution is 5.70. The predicted molar refractivity (Wildman–Crippen MR) is 133 cm³/mol. The van der Waals surface area contributed by atoms with Gasteiger partial charge >= 0.3 is 23.9 Å². The van der Waals surface area contributed by atoms with E-state index < -0.39 is 60.9 Å². The Morgan fingerprint density at radius 2 is 1.45 bits per heavy atom. The van der Waals surface area contributed by atoms with Gasteiger partial charge in [0, 0.05) is 39.3 Å². The first-order valence-corrected chi connectivity index (χ1v) is 13.1. The molecule has 38 heavy (non-hydrogen) atoms. The molecule has 218 valence electrons. The first-order chi connectivity index (χ1) is 18.0. The average Bonchev–Trinajstić information content (AvgIpc) is 2.83. The predicted octanol–water partition coefficient (Wildman–Crippen LogP) is -0.776. The van der Waals surface area contributed by atoms with Crippen molar-refractivity contribution in [1.29, 1.82) is 0 Å². The lowest BCUT2D eigenvalue weighted by atomic mass is 9.87. The number of nitrogens with one attached hydrogen (secondary N) is 1. The SMILES string of the molecule is CCCC1(O)C(OC2CCC(C(=O)O)CC2)N(CC(=O)O)CCN(CC(=O)O)CCNCCN1CC(=O)O. The van der Waals surface area contributed by atoms with Crippen LogP contribution in [-0.2, 0) is 23.9 Å². The number of nitrogens with zero attached hydrogens (tertiary/aromatic N) is 3. The zero-order valence-electron chi connectivity index (χ0n) is 22.0. The molecule has 0 spiro atoms. The molecule has 0 bridgehead atoms. The van der Waals surface area contributed by atoms with Crippen LogP contribution >= 0.6 is 0 Å². The molecule has 0 aromatic rings. The summed E-state index contributed by atoms with van der Waals surface area (Å²) >= 11 is 0. The smallest absolute Gasteiger partial charge is 0.317 e. The molecule has 14 heteroatoms. The van der Waals surface area contributed by atoms with Crippen LogP contribution in [0.3, 0.4) is 0 Å². The van der Waals surface area contributed by atoms with Gasteiger partial charge < -0.3 is 35.6 Å². The maximum Gasteiger partial charge on any atom is 0.317 e. The van der Waals surface area contributed by atoms with Gasteiger partial charge in [0.15, 0.2) is 12.0 Å². The lowest BCUT2D eigenvalue weighted by Crippen LogP contribution is -2.67. The Morgan fingerprint density at radius 3 is 2.00 bits per heavy atom. The van der Waals surface area contributed by atoms with Crippen molar-refractivity contribution >= 4 is 23.9 Å². The van der Waals surface area contributed by atoms with E-state index in [1.165, 1.54) is 9.80 Å². The minimum Gasteiger partial charge on any atom is -0.481 e. The van der Waals surface area contributed by atoms with Crippen LogP contribution in [0.2, 0.25) is 0 Å². The van der Waals surface area contributed by atoms with Crippen molar-refractivity contribution in [3.8, 4) is 0 Å². The Hall–Kier alpha value is -2.36. The van der Waals surface area contributed by atoms with E-state index in [9.17, 15) is 44.7 Å². The van der Waals surface area contributed by atoms with E-state index in [2.05, 4.69) is 5.32 Å². The summed E-state index contributed by atoms with van der Waals surface area (Å²) in [5.41, 5.74) is -1.88. The molecule has 2 unspecified atom stereocenters. The fourth-order valence-corrected chi connectivity index (χ4v) is 5.25. The number of aliphatic carboxylic acids is 4. The standard InChI is InChI=1S/C24H42N4O10/c1-2-7-24(37)23(38-18-5-3-17(4-6-18)22(35)36)27(15-20(31)32)13-12-26(14-19(29)30)10-8-25-9-11-28(24)16-21(33)34/h17-18,23,25,37H,2-16H2,1H3,(H,29,30)(H,31,32)(H,33,34)(H,35,36). The van der Waals surface area contributed by atoms with Crippen molar-refractivity contribution in [3.05, 3.63) is 0 Å². The summed E-state index contributed by atoms with van der Waals surface area (Å²) in [5, 5.41) is 53.4. The van der Waals surface area contributed by atoms with Crippen LogP contribution in [0.25, 0.3) is 0 Å². The molecule has 14 nitrogen and oxygen atoms in total. The summed E-state index contributed by atoms with van der Waals surface area (Å²) < 4.78 is 6.40. The van der Waals surface area contributed by atoms with Crippen molar-refractivity contribution in [2.75, 3.05) is 58.9 Å². The van der Waals surface area contributed by atoms with Crippen LogP contribution in [0.4, 0.5) is 0 Å². The maximum atomic E-state index is 12.2. The van der Waals surface area contributed by atoms with Gasteiger partial charge in [0.2, 0.25) is 0 Å². The van der Waals surface area contributed by atoms with Crippen LogP contribution in [0, 0.1) is 5.92 Å². The second-order valence-corrected chi connectivity index (χ2v) is 10.0. The van der Waals surface area contributed by atoms with Crippen LogP contribution in [-0.4, -0.2) is 141 Å². The summed E-state index contributed by atoms with van der Waals surface area (Å²) in [6.45, 7) is 1.97. The van der Waals surface area contributed by atoms with E-state index in [0.29, 0.717) is 51.7 Å². The number of carbonyl (C=O) groups is 4.